The Morgan fingerprint density at radius 1 is 1.17 bits per heavy atom. The summed E-state index contributed by atoms with van der Waals surface area (Å²) >= 11 is 1.30. The number of carbonyl (C=O) groups is 2. The first kappa shape index (κ1) is 21.1. The second kappa shape index (κ2) is 9.27. The van der Waals surface area contributed by atoms with Gasteiger partial charge in [-0.05, 0) is 55.0 Å². The molecule has 0 saturated carbocycles. The van der Waals surface area contributed by atoms with Crippen LogP contribution in [0.2, 0.25) is 0 Å². The number of rotatable bonds is 6. The normalized spacial score (nSPS) is 18.6. The van der Waals surface area contributed by atoms with Gasteiger partial charge in [0.25, 0.3) is 0 Å². The first-order valence-electron chi connectivity index (χ1n) is 9.89. The summed E-state index contributed by atoms with van der Waals surface area (Å²) in [6, 6.07) is 13.9. The lowest BCUT2D eigenvalue weighted by Crippen LogP contribution is -2.28. The van der Waals surface area contributed by atoms with Crippen LogP contribution in [0.4, 0.5) is 11.4 Å². The Labute approximate surface area is 176 Å². The SMILES string of the molecule is CC[C@H](C)c1ccc(N=C2NC(=O)[C@H](CC(=O)Nc3c(C)cccc3C)S2)cc1. The average Bonchev–Trinajstić information content (AvgIpc) is 3.03. The van der Waals surface area contributed by atoms with Crippen molar-refractivity contribution in [1.82, 2.24) is 5.32 Å². The van der Waals surface area contributed by atoms with E-state index in [1.807, 2.05) is 44.2 Å². The first-order valence-corrected chi connectivity index (χ1v) is 10.8. The van der Waals surface area contributed by atoms with Crippen LogP contribution in [0, 0.1) is 13.8 Å². The third kappa shape index (κ3) is 5.26. The lowest BCUT2D eigenvalue weighted by Gasteiger charge is -2.12. The van der Waals surface area contributed by atoms with Gasteiger partial charge in [0.1, 0.15) is 5.25 Å². The highest BCUT2D eigenvalue weighted by atomic mass is 32.2. The number of benzene rings is 2. The maximum atomic E-state index is 12.5. The molecule has 1 aliphatic rings. The zero-order valence-electron chi connectivity index (χ0n) is 17.3. The van der Waals surface area contributed by atoms with E-state index < -0.39 is 5.25 Å². The molecule has 3 rings (SSSR count). The summed E-state index contributed by atoms with van der Waals surface area (Å²) in [5.41, 5.74) is 4.90. The molecule has 6 heteroatoms. The maximum Gasteiger partial charge on any atom is 0.240 e. The largest absolute Gasteiger partial charge is 0.326 e. The molecule has 0 aliphatic carbocycles. The van der Waals surface area contributed by atoms with Crippen molar-refractivity contribution in [2.45, 2.75) is 51.7 Å². The molecule has 2 atom stereocenters. The van der Waals surface area contributed by atoms with Crippen molar-refractivity contribution < 1.29 is 9.59 Å². The predicted octanol–water partition coefficient (Wildman–Crippen LogP) is 5.06. The summed E-state index contributed by atoms with van der Waals surface area (Å²) in [4.78, 5) is 29.3. The van der Waals surface area contributed by atoms with E-state index in [4.69, 9.17) is 0 Å². The predicted molar refractivity (Wildman–Crippen MR) is 121 cm³/mol. The number of para-hydroxylation sites is 1. The van der Waals surface area contributed by atoms with E-state index in [2.05, 4.69) is 41.6 Å². The van der Waals surface area contributed by atoms with Crippen LogP contribution in [0.1, 0.15) is 49.3 Å². The van der Waals surface area contributed by atoms with Crippen LogP contribution < -0.4 is 10.6 Å². The number of thioether (sulfide) groups is 1. The quantitative estimate of drug-likeness (QED) is 0.700. The van der Waals surface area contributed by atoms with Crippen LogP contribution in [-0.2, 0) is 9.59 Å². The monoisotopic (exact) mass is 409 g/mol. The molecule has 2 amide bonds. The van der Waals surface area contributed by atoms with E-state index in [0.29, 0.717) is 11.1 Å². The van der Waals surface area contributed by atoms with Gasteiger partial charge >= 0.3 is 0 Å². The minimum absolute atomic E-state index is 0.107. The summed E-state index contributed by atoms with van der Waals surface area (Å²) in [5, 5.41) is 5.79. The number of hydrogen-bond donors (Lipinski definition) is 2. The highest BCUT2D eigenvalue weighted by Gasteiger charge is 2.32. The molecular formula is C23H27N3O2S. The van der Waals surface area contributed by atoms with E-state index in [9.17, 15) is 9.59 Å². The Morgan fingerprint density at radius 2 is 1.83 bits per heavy atom. The van der Waals surface area contributed by atoms with Crippen molar-refractivity contribution in [3.63, 3.8) is 0 Å². The molecule has 152 valence electrons. The summed E-state index contributed by atoms with van der Waals surface area (Å²) < 4.78 is 0. The van der Waals surface area contributed by atoms with Crippen molar-refractivity contribution in [1.29, 1.82) is 0 Å². The van der Waals surface area contributed by atoms with E-state index in [0.717, 1.165) is 28.9 Å². The highest BCUT2D eigenvalue weighted by Crippen LogP contribution is 2.27. The number of aliphatic imine (C=N–C) groups is 1. The molecule has 0 radical (unpaired) electrons. The molecule has 0 spiro atoms. The molecule has 2 N–H and O–H groups in total. The van der Waals surface area contributed by atoms with Gasteiger partial charge in [0.15, 0.2) is 5.17 Å². The molecular weight excluding hydrogens is 382 g/mol. The molecule has 1 fully saturated rings. The minimum Gasteiger partial charge on any atom is -0.326 e. The number of hydrogen-bond acceptors (Lipinski definition) is 4. The zero-order chi connectivity index (χ0) is 21.0. The van der Waals surface area contributed by atoms with Gasteiger partial charge in [0, 0.05) is 12.1 Å². The fourth-order valence-electron chi connectivity index (χ4n) is 3.19. The molecule has 2 aromatic rings. The Morgan fingerprint density at radius 3 is 2.45 bits per heavy atom. The lowest BCUT2D eigenvalue weighted by molar-refractivity contribution is -0.122. The van der Waals surface area contributed by atoms with Crippen molar-refractivity contribution >= 4 is 40.1 Å². The van der Waals surface area contributed by atoms with Crippen LogP contribution >= 0.6 is 11.8 Å². The molecule has 2 aromatic carbocycles. The van der Waals surface area contributed by atoms with Crippen molar-refractivity contribution in [3.05, 3.63) is 59.2 Å². The Bertz CT molecular complexity index is 917. The number of nitrogens with one attached hydrogen (secondary N) is 2. The van der Waals surface area contributed by atoms with Crippen molar-refractivity contribution in [3.8, 4) is 0 Å². The van der Waals surface area contributed by atoms with Gasteiger partial charge in [-0.15, -0.1) is 0 Å². The second-order valence-corrected chi connectivity index (χ2v) is 8.62. The second-order valence-electron chi connectivity index (χ2n) is 7.43. The van der Waals surface area contributed by atoms with E-state index in [-0.39, 0.29) is 18.2 Å². The van der Waals surface area contributed by atoms with E-state index >= 15 is 0 Å². The molecule has 1 saturated heterocycles. The third-order valence-electron chi connectivity index (χ3n) is 5.20. The standard InChI is InChI=1S/C23H27N3O2S/c1-5-14(2)17-9-11-18(12-10-17)24-23-26-22(28)19(29-23)13-20(27)25-21-15(3)7-6-8-16(21)4/h6-12,14,19H,5,13H2,1-4H3,(H,25,27)(H,24,26,28)/t14-,19-/m0/s1. The Kier molecular flexibility index (Phi) is 6.75. The fourth-order valence-corrected chi connectivity index (χ4v) is 4.18. The minimum atomic E-state index is -0.475. The van der Waals surface area contributed by atoms with Crippen LogP contribution in [0.5, 0.6) is 0 Å². The fraction of sp³-hybridized carbons (Fsp3) is 0.348. The maximum absolute atomic E-state index is 12.5. The third-order valence-corrected chi connectivity index (χ3v) is 6.28. The molecule has 1 heterocycles. The van der Waals surface area contributed by atoms with Crippen LogP contribution in [0.25, 0.3) is 0 Å². The van der Waals surface area contributed by atoms with E-state index in [1.54, 1.807) is 0 Å². The lowest BCUT2D eigenvalue weighted by atomic mass is 9.99. The smallest absolute Gasteiger partial charge is 0.240 e. The van der Waals surface area contributed by atoms with Crippen LogP contribution in [-0.4, -0.2) is 22.2 Å². The van der Waals surface area contributed by atoms with Gasteiger partial charge in [-0.2, -0.15) is 0 Å². The van der Waals surface area contributed by atoms with Crippen molar-refractivity contribution in [2.24, 2.45) is 4.99 Å². The molecule has 0 unspecified atom stereocenters. The molecule has 0 aromatic heterocycles. The van der Waals surface area contributed by atoms with E-state index in [1.165, 1.54) is 17.3 Å². The van der Waals surface area contributed by atoms with Crippen LogP contribution in [0.3, 0.4) is 0 Å². The summed E-state index contributed by atoms with van der Waals surface area (Å²) in [5.74, 6) is 0.160. The van der Waals surface area contributed by atoms with Crippen LogP contribution in [0.15, 0.2) is 47.5 Å². The molecule has 5 nitrogen and oxygen atoms in total. The van der Waals surface area contributed by atoms with Gasteiger partial charge in [-0.3, -0.25) is 9.59 Å². The number of amidine groups is 1. The van der Waals surface area contributed by atoms with Gasteiger partial charge in [0.2, 0.25) is 11.8 Å². The average molecular weight is 410 g/mol. The summed E-state index contributed by atoms with van der Waals surface area (Å²) in [7, 11) is 0. The Hall–Kier alpha value is -2.60. The van der Waals surface area contributed by atoms with Gasteiger partial charge < -0.3 is 10.6 Å². The van der Waals surface area contributed by atoms with Crippen molar-refractivity contribution in [2.75, 3.05) is 5.32 Å². The van der Waals surface area contributed by atoms with Gasteiger partial charge in [0.05, 0.1) is 5.69 Å². The molecule has 29 heavy (non-hydrogen) atoms. The van der Waals surface area contributed by atoms with Gasteiger partial charge in [-0.25, -0.2) is 4.99 Å². The molecule has 1 aliphatic heterocycles. The highest BCUT2D eigenvalue weighted by molar-refractivity contribution is 8.15. The number of carbonyl (C=O) groups excluding carboxylic acids is 2. The first-order chi connectivity index (χ1) is 13.9. The summed E-state index contributed by atoms with van der Waals surface area (Å²) in [6.45, 7) is 8.27. The summed E-state index contributed by atoms with van der Waals surface area (Å²) in [6.07, 6.45) is 1.20. The number of aryl methyl sites for hydroxylation is 2. The molecule has 0 bridgehead atoms. The number of anilines is 1. The Balaban J connectivity index is 1.62. The van der Waals surface area contributed by atoms with Gasteiger partial charge in [-0.1, -0.05) is 55.9 Å². The zero-order valence-corrected chi connectivity index (χ0v) is 18.1. The number of nitrogens with zero attached hydrogens (tertiary/aromatic N) is 1. The topological polar surface area (TPSA) is 70.6 Å². The number of amides is 2.